The Morgan fingerprint density at radius 2 is 1.62 bits per heavy atom. The predicted molar refractivity (Wildman–Crippen MR) is 61.7 cm³/mol. The zero-order valence-electron chi connectivity index (χ0n) is 9.40. The van der Waals surface area contributed by atoms with Crippen LogP contribution in [0.15, 0.2) is 0 Å². The Balaban J connectivity index is 3.02. The van der Waals surface area contributed by atoms with Gasteiger partial charge >= 0.3 is 0 Å². The van der Waals surface area contributed by atoms with Crippen molar-refractivity contribution in [2.24, 2.45) is 5.92 Å². The van der Waals surface area contributed by atoms with Crippen LogP contribution in [0.1, 0.15) is 41.7 Å². The van der Waals surface area contributed by atoms with E-state index >= 15 is 0 Å². The SMILES string of the molecule is CCc1c(C)sc(C)c1CC(C)C. The maximum absolute atomic E-state index is 2.30. The van der Waals surface area contributed by atoms with Crippen LogP contribution in [0.4, 0.5) is 0 Å². The van der Waals surface area contributed by atoms with Gasteiger partial charge in [-0.3, -0.25) is 0 Å². The number of hydrogen-bond acceptors (Lipinski definition) is 1. The first-order valence-electron chi connectivity index (χ1n) is 5.14. The fourth-order valence-corrected chi connectivity index (χ4v) is 3.10. The lowest BCUT2D eigenvalue weighted by molar-refractivity contribution is 0.642. The van der Waals surface area contributed by atoms with E-state index in [1.807, 2.05) is 11.3 Å². The first kappa shape index (κ1) is 10.8. The number of thiophene rings is 1. The third-order valence-corrected chi connectivity index (χ3v) is 3.59. The number of hydrogen-bond donors (Lipinski definition) is 0. The Labute approximate surface area is 86.0 Å². The smallest absolute Gasteiger partial charge is 0.00519 e. The molecule has 74 valence electrons. The van der Waals surface area contributed by atoms with Crippen LogP contribution < -0.4 is 0 Å². The summed E-state index contributed by atoms with van der Waals surface area (Å²) in [4.78, 5) is 3.05. The summed E-state index contributed by atoms with van der Waals surface area (Å²) >= 11 is 1.96. The molecule has 0 amide bonds. The lowest BCUT2D eigenvalue weighted by Crippen LogP contribution is -1.98. The van der Waals surface area contributed by atoms with Crippen LogP contribution in [-0.4, -0.2) is 0 Å². The summed E-state index contributed by atoms with van der Waals surface area (Å²) < 4.78 is 0. The molecule has 0 saturated heterocycles. The van der Waals surface area contributed by atoms with E-state index in [2.05, 4.69) is 34.6 Å². The van der Waals surface area contributed by atoms with E-state index in [1.165, 1.54) is 22.6 Å². The van der Waals surface area contributed by atoms with E-state index in [0.29, 0.717) is 0 Å². The maximum Gasteiger partial charge on any atom is 0.00519 e. The van der Waals surface area contributed by atoms with Gasteiger partial charge < -0.3 is 0 Å². The second-order valence-electron chi connectivity index (χ2n) is 4.12. The summed E-state index contributed by atoms with van der Waals surface area (Å²) in [7, 11) is 0. The summed E-state index contributed by atoms with van der Waals surface area (Å²) in [6.45, 7) is 11.4. The Kier molecular flexibility index (Phi) is 3.55. The Morgan fingerprint density at radius 3 is 2.08 bits per heavy atom. The van der Waals surface area contributed by atoms with E-state index in [0.717, 1.165) is 5.92 Å². The lowest BCUT2D eigenvalue weighted by atomic mass is 9.97. The van der Waals surface area contributed by atoms with Crippen LogP contribution in [0.2, 0.25) is 0 Å². The van der Waals surface area contributed by atoms with Crippen molar-refractivity contribution in [3.05, 3.63) is 20.9 Å². The highest BCUT2D eigenvalue weighted by Gasteiger charge is 2.11. The van der Waals surface area contributed by atoms with Gasteiger partial charge in [0.2, 0.25) is 0 Å². The molecule has 1 aromatic rings. The lowest BCUT2D eigenvalue weighted by Gasteiger charge is -2.07. The van der Waals surface area contributed by atoms with Crippen LogP contribution in [0.25, 0.3) is 0 Å². The summed E-state index contributed by atoms with van der Waals surface area (Å²) in [5.74, 6) is 0.776. The van der Waals surface area contributed by atoms with Gasteiger partial charge in [-0.05, 0) is 43.7 Å². The van der Waals surface area contributed by atoms with Gasteiger partial charge in [-0.25, -0.2) is 0 Å². The monoisotopic (exact) mass is 196 g/mol. The Bertz CT molecular complexity index is 282. The molecule has 0 nitrogen and oxygen atoms in total. The van der Waals surface area contributed by atoms with Crippen molar-refractivity contribution in [3.63, 3.8) is 0 Å². The van der Waals surface area contributed by atoms with Gasteiger partial charge in [0.05, 0.1) is 0 Å². The van der Waals surface area contributed by atoms with Crippen molar-refractivity contribution in [1.29, 1.82) is 0 Å². The standard InChI is InChI=1S/C12H20S/c1-6-11-9(4)13-10(5)12(11)7-8(2)3/h8H,6-7H2,1-5H3. The summed E-state index contributed by atoms with van der Waals surface area (Å²) in [6.07, 6.45) is 2.44. The minimum atomic E-state index is 0.776. The van der Waals surface area contributed by atoms with Crippen molar-refractivity contribution >= 4 is 11.3 Å². The molecule has 0 spiro atoms. The molecule has 0 radical (unpaired) electrons. The molecule has 13 heavy (non-hydrogen) atoms. The van der Waals surface area contributed by atoms with E-state index < -0.39 is 0 Å². The maximum atomic E-state index is 2.30. The molecule has 0 aromatic carbocycles. The van der Waals surface area contributed by atoms with Crippen LogP contribution in [0.5, 0.6) is 0 Å². The molecule has 1 heterocycles. The second-order valence-corrected chi connectivity index (χ2v) is 5.55. The van der Waals surface area contributed by atoms with Crippen molar-refractivity contribution < 1.29 is 0 Å². The molecule has 0 fully saturated rings. The molecular formula is C12H20S. The highest BCUT2D eigenvalue weighted by molar-refractivity contribution is 7.12. The molecule has 0 aliphatic carbocycles. The van der Waals surface area contributed by atoms with Gasteiger partial charge in [-0.2, -0.15) is 0 Å². The van der Waals surface area contributed by atoms with Gasteiger partial charge in [0.25, 0.3) is 0 Å². The van der Waals surface area contributed by atoms with Gasteiger partial charge in [0.15, 0.2) is 0 Å². The van der Waals surface area contributed by atoms with Gasteiger partial charge in [-0.1, -0.05) is 20.8 Å². The minimum absolute atomic E-state index is 0.776. The molecule has 1 rings (SSSR count). The fraction of sp³-hybridized carbons (Fsp3) is 0.667. The molecule has 0 atom stereocenters. The van der Waals surface area contributed by atoms with E-state index in [4.69, 9.17) is 0 Å². The normalized spacial score (nSPS) is 11.2. The topological polar surface area (TPSA) is 0 Å². The second kappa shape index (κ2) is 4.28. The quantitative estimate of drug-likeness (QED) is 0.682. The first-order chi connectivity index (χ1) is 6.06. The van der Waals surface area contributed by atoms with Crippen LogP contribution in [0.3, 0.4) is 0 Å². The molecule has 0 unspecified atom stereocenters. The third-order valence-electron chi connectivity index (χ3n) is 2.49. The Morgan fingerprint density at radius 1 is 1.08 bits per heavy atom. The number of rotatable bonds is 3. The molecule has 0 aliphatic rings. The molecular weight excluding hydrogens is 176 g/mol. The van der Waals surface area contributed by atoms with Crippen molar-refractivity contribution in [1.82, 2.24) is 0 Å². The van der Waals surface area contributed by atoms with Crippen molar-refractivity contribution in [3.8, 4) is 0 Å². The highest BCUT2D eigenvalue weighted by Crippen LogP contribution is 2.29. The average Bonchev–Trinajstić information content (AvgIpc) is 2.26. The van der Waals surface area contributed by atoms with E-state index in [-0.39, 0.29) is 0 Å². The Hall–Kier alpha value is -0.300. The summed E-state index contributed by atoms with van der Waals surface area (Å²) in [5, 5.41) is 0. The van der Waals surface area contributed by atoms with E-state index in [1.54, 1.807) is 11.1 Å². The average molecular weight is 196 g/mol. The first-order valence-corrected chi connectivity index (χ1v) is 5.95. The molecule has 0 saturated carbocycles. The largest absolute Gasteiger partial charge is 0.145 e. The summed E-state index contributed by atoms with van der Waals surface area (Å²) in [6, 6.07) is 0. The summed E-state index contributed by atoms with van der Waals surface area (Å²) in [5.41, 5.74) is 3.23. The zero-order valence-corrected chi connectivity index (χ0v) is 10.2. The third kappa shape index (κ3) is 2.34. The zero-order chi connectivity index (χ0) is 10.0. The highest BCUT2D eigenvalue weighted by atomic mass is 32.1. The minimum Gasteiger partial charge on any atom is -0.145 e. The molecule has 0 bridgehead atoms. The van der Waals surface area contributed by atoms with Gasteiger partial charge in [0, 0.05) is 9.75 Å². The molecule has 1 heteroatoms. The van der Waals surface area contributed by atoms with Crippen LogP contribution >= 0.6 is 11.3 Å². The van der Waals surface area contributed by atoms with Crippen molar-refractivity contribution in [2.75, 3.05) is 0 Å². The molecule has 0 N–H and O–H groups in total. The number of aryl methyl sites for hydroxylation is 2. The van der Waals surface area contributed by atoms with Gasteiger partial charge in [-0.15, -0.1) is 11.3 Å². The van der Waals surface area contributed by atoms with Crippen molar-refractivity contribution in [2.45, 2.75) is 47.5 Å². The molecule has 0 aliphatic heterocycles. The molecule has 1 aromatic heterocycles. The fourth-order valence-electron chi connectivity index (χ4n) is 1.92. The van der Waals surface area contributed by atoms with Gasteiger partial charge in [0.1, 0.15) is 0 Å². The van der Waals surface area contributed by atoms with Crippen LogP contribution in [-0.2, 0) is 12.8 Å². The van der Waals surface area contributed by atoms with Crippen LogP contribution in [0, 0.1) is 19.8 Å². The van der Waals surface area contributed by atoms with E-state index in [9.17, 15) is 0 Å². The predicted octanol–water partition coefficient (Wildman–Crippen LogP) is 4.13.